The number of fused-ring (bicyclic) bond motifs is 6. The number of nitriles is 3. The predicted octanol–water partition coefficient (Wildman–Crippen LogP) is 9.70. The molecule has 0 spiro atoms. The molecule has 0 atom stereocenters. The van der Waals surface area contributed by atoms with Crippen molar-refractivity contribution in [2.24, 2.45) is 7.05 Å². The highest BCUT2D eigenvalue weighted by molar-refractivity contribution is 6.21. The van der Waals surface area contributed by atoms with Gasteiger partial charge in [-0.1, -0.05) is 36.4 Å². The molecule has 0 saturated carbocycles. The van der Waals surface area contributed by atoms with Gasteiger partial charge in [0.25, 0.3) is 0 Å². The van der Waals surface area contributed by atoms with Gasteiger partial charge < -0.3 is 4.57 Å². The minimum Gasteiger partial charge on any atom is -0.325 e. The van der Waals surface area contributed by atoms with Gasteiger partial charge in [-0.25, -0.2) is 41.3 Å². The Labute approximate surface area is 322 Å². The van der Waals surface area contributed by atoms with Crippen LogP contribution in [0.1, 0.15) is 16.7 Å². The Morgan fingerprint density at radius 2 is 0.759 bits per heavy atom. The molecule has 9 rings (SSSR count). The Hall–Kier alpha value is -8.22. The lowest BCUT2D eigenvalue weighted by Gasteiger charge is -2.12. The number of benzene rings is 6. The Balaban J connectivity index is 1.55. The normalized spacial score (nSPS) is 11.3. The summed E-state index contributed by atoms with van der Waals surface area (Å²) in [5.74, 6) is -6.55. The summed E-state index contributed by atoms with van der Waals surface area (Å²) in [6.45, 7) is 0. The average molecular weight is 776 g/mol. The zero-order chi connectivity index (χ0) is 40.6. The number of imidazole rings is 3. The summed E-state index contributed by atoms with van der Waals surface area (Å²) in [4.78, 5) is 14.6. The fraction of sp³-hybridized carbons (Fsp3) is 0.0233. The van der Waals surface area contributed by atoms with Gasteiger partial charge in [0.15, 0.2) is 0 Å². The van der Waals surface area contributed by atoms with Crippen molar-refractivity contribution in [3.63, 3.8) is 0 Å². The third-order valence-electron chi connectivity index (χ3n) is 9.81. The van der Waals surface area contributed by atoms with Crippen LogP contribution in [-0.4, -0.2) is 28.7 Å². The number of hydrogen-bond acceptors (Lipinski definition) is 6. The highest BCUT2D eigenvalue weighted by Gasteiger charge is 2.31. The maximum atomic E-state index is 16.1. The van der Waals surface area contributed by atoms with E-state index in [0.717, 1.165) is 36.4 Å². The van der Waals surface area contributed by atoms with Crippen LogP contribution in [0, 0.1) is 68.9 Å². The van der Waals surface area contributed by atoms with E-state index in [1.165, 1.54) is 20.7 Å². The van der Waals surface area contributed by atoms with Crippen molar-refractivity contribution in [2.45, 2.75) is 0 Å². The molecule has 0 aliphatic heterocycles. The van der Waals surface area contributed by atoms with Crippen LogP contribution in [0.15, 0.2) is 97.1 Å². The van der Waals surface area contributed by atoms with Gasteiger partial charge in [0, 0.05) is 18.4 Å². The van der Waals surface area contributed by atoms with Gasteiger partial charge in [0.05, 0.1) is 38.9 Å². The summed E-state index contributed by atoms with van der Waals surface area (Å²) in [5.41, 5.74) is -1.38. The van der Waals surface area contributed by atoms with Crippen LogP contribution >= 0.6 is 0 Å². The number of aryl methyl sites for hydroxylation is 1. The minimum atomic E-state index is -1.03. The molecule has 9 nitrogen and oxygen atoms in total. The second kappa shape index (κ2) is 13.2. The van der Waals surface area contributed by atoms with Crippen molar-refractivity contribution in [2.75, 3.05) is 0 Å². The lowest BCUT2D eigenvalue weighted by Crippen LogP contribution is -2.01. The van der Waals surface area contributed by atoms with Crippen LogP contribution in [0.3, 0.4) is 0 Å². The molecule has 0 bridgehead atoms. The molecule has 9 aromatic rings. The summed E-state index contributed by atoms with van der Waals surface area (Å²) in [5, 5.41) is 28.2. The second-order valence-electron chi connectivity index (χ2n) is 13.1. The van der Waals surface area contributed by atoms with E-state index in [1.807, 2.05) is 0 Å². The minimum absolute atomic E-state index is 0.0405. The highest BCUT2D eigenvalue weighted by atomic mass is 19.1. The predicted molar refractivity (Wildman–Crippen MR) is 200 cm³/mol. The number of halogens is 6. The lowest BCUT2D eigenvalue weighted by molar-refractivity contribution is 0.598. The Morgan fingerprint density at radius 3 is 1.12 bits per heavy atom. The molecule has 0 aliphatic rings. The van der Waals surface area contributed by atoms with E-state index in [1.54, 1.807) is 78.9 Å². The van der Waals surface area contributed by atoms with Crippen LogP contribution < -0.4 is 0 Å². The molecule has 6 aromatic carbocycles. The van der Waals surface area contributed by atoms with Crippen LogP contribution in [0.5, 0.6) is 0 Å². The van der Waals surface area contributed by atoms with Gasteiger partial charge >= 0.3 is 0 Å². The van der Waals surface area contributed by atoms with Crippen molar-refractivity contribution >= 4 is 33.1 Å². The summed E-state index contributed by atoms with van der Waals surface area (Å²) < 4.78 is 98.1. The summed E-state index contributed by atoms with van der Waals surface area (Å²) in [6.07, 6.45) is 0. The van der Waals surface area contributed by atoms with E-state index in [0.29, 0.717) is 11.4 Å². The second-order valence-corrected chi connectivity index (χ2v) is 13.1. The van der Waals surface area contributed by atoms with Crippen molar-refractivity contribution < 1.29 is 26.3 Å². The third-order valence-corrected chi connectivity index (χ3v) is 9.81. The molecule has 0 radical (unpaired) electrons. The fourth-order valence-electron chi connectivity index (χ4n) is 7.21. The standard InChI is InChI=1S/C43H19F6N9/c1-56-38-35(53-41(56)26-15-29(44)21(18-50)12-32(26)47)39-37(55-43(57(39)24-8-4-2-5-9-24)28-17-31(46)23(20-52)14-34(28)49)40-36(38)54-42(58(40)25-10-6-3-7-11-25)27-16-30(45)22(19-51)13-33(27)48/h2-17H,1H3. The average Bonchev–Trinajstić information content (AvgIpc) is 3.92. The molecule has 0 saturated heterocycles. The number of nitrogens with zero attached hydrogens (tertiary/aromatic N) is 9. The first-order valence-corrected chi connectivity index (χ1v) is 17.2. The van der Waals surface area contributed by atoms with Crippen molar-refractivity contribution in [1.29, 1.82) is 15.8 Å². The molecule has 0 amide bonds. The largest absolute Gasteiger partial charge is 0.325 e. The van der Waals surface area contributed by atoms with Gasteiger partial charge in [0.2, 0.25) is 0 Å². The molecular weight excluding hydrogens is 757 g/mol. The summed E-state index contributed by atoms with van der Waals surface area (Å²) >= 11 is 0. The number of aromatic nitrogens is 6. The first-order chi connectivity index (χ1) is 28.0. The zero-order valence-electron chi connectivity index (χ0n) is 29.5. The van der Waals surface area contributed by atoms with Gasteiger partial charge in [-0.3, -0.25) is 9.13 Å². The number of para-hydroxylation sites is 2. The van der Waals surface area contributed by atoms with E-state index < -0.39 is 51.6 Å². The summed E-state index contributed by atoms with van der Waals surface area (Å²) in [6, 6.07) is 26.3. The van der Waals surface area contributed by atoms with Crippen LogP contribution in [0.4, 0.5) is 26.3 Å². The lowest BCUT2D eigenvalue weighted by atomic mass is 10.1. The van der Waals surface area contributed by atoms with Crippen LogP contribution in [-0.2, 0) is 7.05 Å². The van der Waals surface area contributed by atoms with Crippen LogP contribution in [0.2, 0.25) is 0 Å². The molecule has 58 heavy (non-hydrogen) atoms. The number of hydrogen-bond donors (Lipinski definition) is 0. The van der Waals surface area contributed by atoms with E-state index in [2.05, 4.69) is 0 Å². The molecule has 3 aromatic heterocycles. The van der Waals surface area contributed by atoms with Crippen molar-refractivity contribution in [3.8, 4) is 63.7 Å². The van der Waals surface area contributed by atoms with Crippen molar-refractivity contribution in [1.82, 2.24) is 28.7 Å². The first kappa shape index (κ1) is 35.5. The molecule has 0 aliphatic carbocycles. The molecular formula is C43H19F6N9. The van der Waals surface area contributed by atoms with E-state index in [9.17, 15) is 15.8 Å². The molecule has 0 fully saturated rings. The first-order valence-electron chi connectivity index (χ1n) is 17.2. The van der Waals surface area contributed by atoms with Crippen LogP contribution in [0.25, 0.3) is 78.6 Å². The Bertz CT molecular complexity index is 3280. The van der Waals surface area contributed by atoms with Gasteiger partial charge in [-0.15, -0.1) is 0 Å². The molecule has 0 N–H and O–H groups in total. The van der Waals surface area contributed by atoms with Gasteiger partial charge in [-0.05, 0) is 60.7 Å². The monoisotopic (exact) mass is 775 g/mol. The molecule has 0 unspecified atom stereocenters. The molecule has 15 heteroatoms. The van der Waals surface area contributed by atoms with Gasteiger partial charge in [-0.2, -0.15) is 15.8 Å². The SMILES string of the molecule is Cn1c(-c2cc(F)c(C#N)cc2F)nc2c1c1nc(-c3cc(F)c(C#N)cc3F)n(-c3ccccc3)c1c1nc(-c3cc(F)c(C#N)cc3F)n(-c3ccccc3)c21. The fourth-order valence-corrected chi connectivity index (χ4v) is 7.21. The quantitative estimate of drug-likeness (QED) is 0.160. The Morgan fingerprint density at radius 1 is 0.431 bits per heavy atom. The van der Waals surface area contributed by atoms with E-state index in [4.69, 9.17) is 15.0 Å². The molecule has 278 valence electrons. The third kappa shape index (κ3) is 5.20. The zero-order valence-corrected chi connectivity index (χ0v) is 29.5. The topological polar surface area (TPSA) is 125 Å². The number of rotatable bonds is 5. The highest BCUT2D eigenvalue weighted by Crippen LogP contribution is 2.44. The Kier molecular flexibility index (Phi) is 8.09. The van der Waals surface area contributed by atoms with E-state index >= 15 is 26.3 Å². The summed E-state index contributed by atoms with van der Waals surface area (Å²) in [7, 11) is 1.49. The molecule has 3 heterocycles. The van der Waals surface area contributed by atoms with Crippen molar-refractivity contribution in [3.05, 3.63) is 149 Å². The van der Waals surface area contributed by atoms with Gasteiger partial charge in [0.1, 0.15) is 98.2 Å². The maximum absolute atomic E-state index is 16.1. The maximum Gasteiger partial charge on any atom is 0.148 e. The smallest absolute Gasteiger partial charge is 0.148 e. The van der Waals surface area contributed by atoms with E-state index in [-0.39, 0.29) is 67.3 Å².